The zero-order valence-corrected chi connectivity index (χ0v) is 16.7. The SMILES string of the molecule is COC1(c2cccc(O)c2)C2CCC1CN(CCCC1(O)CCCCC1)C2. The Kier molecular flexibility index (Phi) is 5.50. The highest BCUT2D eigenvalue weighted by atomic mass is 16.5. The van der Waals surface area contributed by atoms with E-state index in [1.54, 1.807) is 6.07 Å². The fourth-order valence-electron chi connectivity index (χ4n) is 6.26. The van der Waals surface area contributed by atoms with Crippen LogP contribution in [-0.4, -0.2) is 47.5 Å². The van der Waals surface area contributed by atoms with Gasteiger partial charge in [0.2, 0.25) is 0 Å². The summed E-state index contributed by atoms with van der Waals surface area (Å²) in [5.41, 5.74) is 0.482. The molecule has 0 radical (unpaired) electrons. The molecule has 150 valence electrons. The van der Waals surface area contributed by atoms with Gasteiger partial charge in [0, 0.05) is 32.0 Å². The van der Waals surface area contributed by atoms with Gasteiger partial charge in [-0.15, -0.1) is 0 Å². The zero-order chi connectivity index (χ0) is 18.9. The van der Waals surface area contributed by atoms with Crippen LogP contribution in [-0.2, 0) is 10.3 Å². The maximum Gasteiger partial charge on any atom is 0.115 e. The van der Waals surface area contributed by atoms with E-state index < -0.39 is 5.60 Å². The van der Waals surface area contributed by atoms with E-state index in [-0.39, 0.29) is 5.60 Å². The van der Waals surface area contributed by atoms with Crippen molar-refractivity contribution in [1.82, 2.24) is 4.90 Å². The number of likely N-dealkylation sites (tertiary alicyclic amines) is 1. The molecule has 0 amide bonds. The first-order valence-corrected chi connectivity index (χ1v) is 10.9. The van der Waals surface area contributed by atoms with E-state index in [1.165, 1.54) is 32.1 Å². The molecule has 2 N–H and O–H groups in total. The number of piperidine rings is 1. The fraction of sp³-hybridized carbons (Fsp3) is 0.739. The van der Waals surface area contributed by atoms with Crippen molar-refractivity contribution in [2.45, 2.75) is 69.0 Å². The van der Waals surface area contributed by atoms with Crippen LogP contribution in [0.15, 0.2) is 24.3 Å². The first-order chi connectivity index (χ1) is 13.1. The number of methoxy groups -OCH3 is 1. The number of phenols is 1. The Morgan fingerprint density at radius 3 is 2.44 bits per heavy atom. The van der Waals surface area contributed by atoms with Crippen LogP contribution in [0.5, 0.6) is 5.75 Å². The van der Waals surface area contributed by atoms with Crippen LogP contribution in [0.3, 0.4) is 0 Å². The molecule has 2 unspecified atom stereocenters. The van der Waals surface area contributed by atoms with Crippen LogP contribution in [0.1, 0.15) is 63.4 Å². The second-order valence-corrected chi connectivity index (χ2v) is 9.17. The Bertz CT molecular complexity index is 626. The number of aromatic hydroxyl groups is 1. The molecule has 3 fully saturated rings. The molecule has 1 heterocycles. The summed E-state index contributed by atoms with van der Waals surface area (Å²) in [5, 5.41) is 20.7. The summed E-state index contributed by atoms with van der Waals surface area (Å²) in [6.45, 7) is 3.19. The predicted octanol–water partition coefficient (Wildman–Crippen LogP) is 4.05. The fourth-order valence-corrected chi connectivity index (χ4v) is 6.26. The van der Waals surface area contributed by atoms with Crippen LogP contribution in [0.2, 0.25) is 0 Å². The lowest BCUT2D eigenvalue weighted by atomic mass is 9.74. The van der Waals surface area contributed by atoms with Crippen molar-refractivity contribution in [3.05, 3.63) is 29.8 Å². The highest BCUT2D eigenvalue weighted by Gasteiger charge is 2.55. The summed E-state index contributed by atoms with van der Waals surface area (Å²) in [6, 6.07) is 7.67. The number of fused-ring (bicyclic) bond motifs is 2. The summed E-state index contributed by atoms with van der Waals surface area (Å²) in [6.07, 6.45) is 10.0. The number of benzene rings is 1. The molecule has 2 atom stereocenters. The predicted molar refractivity (Wildman–Crippen MR) is 107 cm³/mol. The van der Waals surface area contributed by atoms with Crippen molar-refractivity contribution >= 4 is 0 Å². The first kappa shape index (κ1) is 19.2. The molecule has 4 heteroatoms. The number of phenolic OH excluding ortho intramolecular Hbond substituents is 1. The van der Waals surface area contributed by atoms with Crippen LogP contribution in [0, 0.1) is 11.8 Å². The average molecular weight is 374 g/mol. The molecule has 27 heavy (non-hydrogen) atoms. The maximum absolute atomic E-state index is 10.8. The molecule has 4 nitrogen and oxygen atoms in total. The summed E-state index contributed by atoms with van der Waals surface area (Å²) < 4.78 is 6.19. The van der Waals surface area contributed by atoms with Crippen LogP contribution in [0.25, 0.3) is 0 Å². The van der Waals surface area contributed by atoms with Crippen LogP contribution < -0.4 is 0 Å². The van der Waals surface area contributed by atoms with Crippen molar-refractivity contribution in [1.29, 1.82) is 0 Å². The van der Waals surface area contributed by atoms with Gasteiger partial charge in [0.15, 0.2) is 0 Å². The van der Waals surface area contributed by atoms with E-state index >= 15 is 0 Å². The van der Waals surface area contributed by atoms with E-state index in [0.717, 1.165) is 50.9 Å². The third-order valence-corrected chi connectivity index (χ3v) is 7.57. The molecule has 0 aromatic heterocycles. The average Bonchev–Trinajstić information content (AvgIpc) is 2.85. The van der Waals surface area contributed by atoms with Gasteiger partial charge < -0.3 is 19.8 Å². The molecule has 1 aromatic rings. The molecule has 2 aliphatic carbocycles. The minimum atomic E-state index is -0.398. The first-order valence-electron chi connectivity index (χ1n) is 10.9. The van der Waals surface area contributed by atoms with Gasteiger partial charge in [-0.05, 0) is 62.8 Å². The van der Waals surface area contributed by atoms with Gasteiger partial charge in [-0.3, -0.25) is 0 Å². The Balaban J connectivity index is 1.39. The Morgan fingerprint density at radius 2 is 1.81 bits per heavy atom. The maximum atomic E-state index is 10.8. The van der Waals surface area contributed by atoms with Gasteiger partial charge in [0.1, 0.15) is 11.4 Å². The number of hydrogen-bond donors (Lipinski definition) is 2. The van der Waals surface area contributed by atoms with Gasteiger partial charge in [0.05, 0.1) is 5.60 Å². The quantitative estimate of drug-likeness (QED) is 0.790. The summed E-state index contributed by atoms with van der Waals surface area (Å²) in [4.78, 5) is 2.59. The van der Waals surface area contributed by atoms with Crippen molar-refractivity contribution in [3.8, 4) is 5.75 Å². The Morgan fingerprint density at radius 1 is 1.11 bits per heavy atom. The number of aliphatic hydroxyl groups is 1. The highest BCUT2D eigenvalue weighted by molar-refractivity contribution is 5.34. The van der Waals surface area contributed by atoms with Gasteiger partial charge in [-0.2, -0.15) is 0 Å². The van der Waals surface area contributed by atoms with Gasteiger partial charge in [-0.25, -0.2) is 0 Å². The molecule has 2 bridgehead atoms. The number of nitrogens with zero attached hydrogens (tertiary/aromatic N) is 1. The molecule has 4 rings (SSSR count). The van der Waals surface area contributed by atoms with Crippen LogP contribution >= 0.6 is 0 Å². The zero-order valence-electron chi connectivity index (χ0n) is 16.7. The molecule has 1 saturated heterocycles. The minimum absolute atomic E-state index is 0.253. The van der Waals surface area contributed by atoms with Crippen molar-refractivity contribution in [3.63, 3.8) is 0 Å². The van der Waals surface area contributed by atoms with E-state index in [4.69, 9.17) is 4.74 Å². The monoisotopic (exact) mass is 373 g/mol. The lowest BCUT2D eigenvalue weighted by Crippen LogP contribution is -2.53. The standard InChI is InChI=1S/C23H35NO3/c1-27-23(18-7-5-8-21(25)15-18)19-9-10-20(23)17-24(16-19)14-6-13-22(26)11-3-2-4-12-22/h5,7-8,15,19-20,25-26H,2-4,6,9-14,16-17H2,1H3. The summed E-state index contributed by atoms with van der Waals surface area (Å²) in [5.74, 6) is 1.27. The van der Waals surface area contributed by atoms with E-state index in [2.05, 4.69) is 11.0 Å². The molecule has 1 aliphatic heterocycles. The van der Waals surface area contributed by atoms with E-state index in [1.807, 2.05) is 19.2 Å². The van der Waals surface area contributed by atoms with E-state index in [9.17, 15) is 10.2 Å². The number of rotatable bonds is 6. The third-order valence-electron chi connectivity index (χ3n) is 7.57. The summed E-state index contributed by atoms with van der Waals surface area (Å²) in [7, 11) is 1.84. The molecule has 3 aliphatic rings. The lowest BCUT2D eigenvalue weighted by molar-refractivity contribution is -0.119. The molecular formula is C23H35NO3. The molecule has 0 spiro atoms. The lowest BCUT2D eigenvalue weighted by Gasteiger charge is -2.47. The largest absolute Gasteiger partial charge is 0.508 e. The third kappa shape index (κ3) is 3.64. The van der Waals surface area contributed by atoms with Crippen molar-refractivity contribution in [2.75, 3.05) is 26.7 Å². The number of hydrogen-bond acceptors (Lipinski definition) is 4. The van der Waals surface area contributed by atoms with Gasteiger partial charge >= 0.3 is 0 Å². The van der Waals surface area contributed by atoms with Crippen molar-refractivity contribution in [2.24, 2.45) is 11.8 Å². The highest BCUT2D eigenvalue weighted by Crippen LogP contribution is 2.54. The second-order valence-electron chi connectivity index (χ2n) is 9.17. The minimum Gasteiger partial charge on any atom is -0.508 e. The second kappa shape index (κ2) is 7.73. The topological polar surface area (TPSA) is 52.9 Å². The molecule has 1 aromatic carbocycles. The smallest absolute Gasteiger partial charge is 0.115 e. The Labute approximate surface area is 163 Å². The van der Waals surface area contributed by atoms with Crippen molar-refractivity contribution < 1.29 is 14.9 Å². The molecular weight excluding hydrogens is 338 g/mol. The van der Waals surface area contributed by atoms with Crippen LogP contribution in [0.4, 0.5) is 0 Å². The van der Waals surface area contributed by atoms with Gasteiger partial charge in [0.25, 0.3) is 0 Å². The van der Waals surface area contributed by atoms with Gasteiger partial charge in [-0.1, -0.05) is 31.4 Å². The Hall–Kier alpha value is -1.10. The normalized spacial score (nSPS) is 33.3. The molecule has 2 saturated carbocycles. The number of ether oxygens (including phenoxy) is 1. The van der Waals surface area contributed by atoms with E-state index in [0.29, 0.717) is 17.6 Å². The summed E-state index contributed by atoms with van der Waals surface area (Å²) >= 11 is 0.